The zero-order valence-corrected chi connectivity index (χ0v) is 8.85. The predicted octanol–water partition coefficient (Wildman–Crippen LogP) is -1.18. The number of hydrogen-bond acceptors (Lipinski definition) is 1. The van der Waals surface area contributed by atoms with E-state index in [1.165, 1.54) is 8.86 Å². The van der Waals surface area contributed by atoms with Gasteiger partial charge in [0.05, 0.1) is 0 Å². The Bertz CT molecular complexity index is 134. The average Bonchev–Trinajstić information content (AvgIpc) is 1.55. The van der Waals surface area contributed by atoms with Gasteiger partial charge in [0.2, 0.25) is 0 Å². The van der Waals surface area contributed by atoms with Gasteiger partial charge in [-0.25, -0.2) is 0 Å². The monoisotopic (exact) mass is 273 g/mol. The van der Waals surface area contributed by atoms with E-state index >= 15 is 0 Å². The Morgan fingerprint density at radius 1 is 1.80 bits per heavy atom. The molecule has 0 aromatic heterocycles. The van der Waals surface area contributed by atoms with E-state index in [2.05, 4.69) is 13.5 Å². The first-order valence-electron chi connectivity index (χ1n) is 3.24. The summed E-state index contributed by atoms with van der Waals surface area (Å²) in [5, 5.41) is 0.331. The first-order chi connectivity index (χ1) is 4.70. The molecule has 1 unspecified atom stereocenters. The molecule has 0 spiro atoms. The molecule has 1 aliphatic heterocycles. The molecule has 0 aromatic rings. The summed E-state index contributed by atoms with van der Waals surface area (Å²) in [7, 11) is 0. The second-order valence-corrected chi connectivity index (χ2v) is 5.70. The molecule has 60 valence electrons. The van der Waals surface area contributed by atoms with Crippen molar-refractivity contribution in [3.8, 4) is 0 Å². The Hall–Kier alpha value is 0.560. The van der Waals surface area contributed by atoms with Gasteiger partial charge in [0.1, 0.15) is 0 Å². The van der Waals surface area contributed by atoms with E-state index in [0.29, 0.717) is 32.5 Å². The Morgan fingerprint density at radius 2 is 2.40 bits per heavy atom. The van der Waals surface area contributed by atoms with Gasteiger partial charge in [-0.2, -0.15) is 0 Å². The van der Waals surface area contributed by atoms with Crippen LogP contribution in [0.5, 0.6) is 0 Å². The van der Waals surface area contributed by atoms with Crippen LogP contribution in [-0.2, 0) is 4.74 Å². The van der Waals surface area contributed by atoms with Crippen molar-refractivity contribution in [3.05, 3.63) is 11.8 Å². The van der Waals surface area contributed by atoms with Crippen molar-refractivity contribution in [2.45, 2.75) is 13.0 Å². The quantitative estimate of drug-likeness (QED) is 0.357. The summed E-state index contributed by atoms with van der Waals surface area (Å²) < 4.78 is 8.03. The molecule has 3 heteroatoms. The number of rotatable bonds is 3. The number of ether oxygens (including phenoxy) is 1. The van der Waals surface area contributed by atoms with Gasteiger partial charge in [0, 0.05) is 0 Å². The van der Waals surface area contributed by atoms with Gasteiger partial charge in [-0.05, 0) is 0 Å². The second-order valence-electron chi connectivity index (χ2n) is 2.44. The zero-order valence-electron chi connectivity index (χ0n) is 5.94. The fraction of sp³-hybridized carbons (Fsp3) is 0.714. The molecule has 1 aliphatic rings. The van der Waals surface area contributed by atoms with Crippen LogP contribution < -0.4 is 21.2 Å². The minimum absolute atomic E-state index is 0.290. The third kappa shape index (κ3) is 2.31. The van der Waals surface area contributed by atoms with E-state index in [4.69, 9.17) is 16.3 Å². The van der Waals surface area contributed by atoms with E-state index in [9.17, 15) is 0 Å². The van der Waals surface area contributed by atoms with E-state index in [0.717, 1.165) is 5.92 Å². The Morgan fingerprint density at radius 3 is 2.70 bits per heavy atom. The zero-order chi connectivity index (χ0) is 7.56. The average molecular weight is 274 g/mol. The second kappa shape index (κ2) is 3.81. The van der Waals surface area contributed by atoms with Gasteiger partial charge in [-0.1, -0.05) is 0 Å². The molecule has 0 saturated carbocycles. The fourth-order valence-corrected chi connectivity index (χ4v) is 3.70. The SMILES string of the molecule is C=C(Cl)OC(C)C1C[I-]C1. The molecular weight excluding hydrogens is 262 g/mol. The fourth-order valence-electron chi connectivity index (χ4n) is 0.784. The van der Waals surface area contributed by atoms with E-state index in [1.54, 1.807) is 0 Å². The third-order valence-corrected chi connectivity index (χ3v) is 5.19. The van der Waals surface area contributed by atoms with E-state index < -0.39 is 0 Å². The molecule has 1 nitrogen and oxygen atoms in total. The molecule has 0 N–H and O–H groups in total. The summed E-state index contributed by atoms with van der Waals surface area (Å²) in [5.74, 6) is 0.767. The Balaban J connectivity index is 2.19. The number of halogens is 2. The van der Waals surface area contributed by atoms with Gasteiger partial charge in [0.15, 0.2) is 0 Å². The van der Waals surface area contributed by atoms with Gasteiger partial charge < -0.3 is 0 Å². The molecule has 0 radical (unpaired) electrons. The van der Waals surface area contributed by atoms with Gasteiger partial charge in [-0.15, -0.1) is 0 Å². The molecule has 1 heterocycles. The maximum absolute atomic E-state index is 5.49. The number of hydrogen-bond donors (Lipinski definition) is 0. The minimum atomic E-state index is 0.290. The molecule has 1 fully saturated rings. The molecule has 1 saturated heterocycles. The maximum atomic E-state index is 5.49. The van der Waals surface area contributed by atoms with Gasteiger partial charge in [0.25, 0.3) is 0 Å². The van der Waals surface area contributed by atoms with Crippen LogP contribution in [0.4, 0.5) is 0 Å². The van der Waals surface area contributed by atoms with E-state index in [1.807, 2.05) is 0 Å². The van der Waals surface area contributed by atoms with Crippen LogP contribution in [0.2, 0.25) is 0 Å². The van der Waals surface area contributed by atoms with Crippen molar-refractivity contribution in [2.75, 3.05) is 8.86 Å². The molecule has 10 heavy (non-hydrogen) atoms. The van der Waals surface area contributed by atoms with Gasteiger partial charge >= 0.3 is 77.1 Å². The van der Waals surface area contributed by atoms with Crippen LogP contribution >= 0.6 is 11.6 Å². The number of alkyl halides is 2. The molecule has 1 atom stereocenters. The Labute approximate surface area is 77.0 Å². The summed E-state index contributed by atoms with van der Waals surface area (Å²) in [4.78, 5) is 0. The summed E-state index contributed by atoms with van der Waals surface area (Å²) in [6.07, 6.45) is 0.290. The molecule has 0 aromatic carbocycles. The molecule has 0 amide bonds. The van der Waals surface area contributed by atoms with Crippen molar-refractivity contribution in [3.63, 3.8) is 0 Å². The van der Waals surface area contributed by atoms with Crippen LogP contribution in [0.15, 0.2) is 11.8 Å². The Kier molecular flexibility index (Phi) is 3.30. The van der Waals surface area contributed by atoms with Crippen LogP contribution in [0.1, 0.15) is 6.92 Å². The van der Waals surface area contributed by atoms with Gasteiger partial charge in [-0.3, -0.25) is 0 Å². The van der Waals surface area contributed by atoms with Crippen molar-refractivity contribution < 1.29 is 25.9 Å². The normalized spacial score (nSPS) is 22.2. The van der Waals surface area contributed by atoms with Crippen molar-refractivity contribution in [2.24, 2.45) is 5.92 Å². The summed E-state index contributed by atoms with van der Waals surface area (Å²) >= 11 is 6.03. The third-order valence-electron chi connectivity index (χ3n) is 1.59. The predicted molar refractivity (Wildman–Crippen MR) is 38.8 cm³/mol. The molecule has 0 aliphatic carbocycles. The molecular formula is C7H11ClIO-. The first kappa shape index (κ1) is 8.65. The van der Waals surface area contributed by atoms with Crippen LogP contribution in [0.25, 0.3) is 0 Å². The summed E-state index contributed by atoms with van der Waals surface area (Å²) in [6, 6.07) is 0. The first-order valence-corrected chi connectivity index (χ1v) is 6.67. The summed E-state index contributed by atoms with van der Waals surface area (Å²) in [6.45, 7) is 5.56. The van der Waals surface area contributed by atoms with Crippen LogP contribution in [-0.4, -0.2) is 15.0 Å². The summed E-state index contributed by atoms with van der Waals surface area (Å²) in [5.41, 5.74) is 0. The molecule has 0 bridgehead atoms. The van der Waals surface area contributed by atoms with Crippen molar-refractivity contribution >= 4 is 11.6 Å². The standard InChI is InChI=1S/C7H11ClIO/c1-5(10-6(2)8)7-3-9-4-7/h5,7H,2-4H2,1H3/q-1. The van der Waals surface area contributed by atoms with E-state index in [-0.39, 0.29) is 0 Å². The topological polar surface area (TPSA) is 9.23 Å². The molecule has 1 rings (SSSR count). The van der Waals surface area contributed by atoms with Crippen molar-refractivity contribution in [1.82, 2.24) is 0 Å². The van der Waals surface area contributed by atoms with Crippen LogP contribution in [0.3, 0.4) is 0 Å². The van der Waals surface area contributed by atoms with Crippen molar-refractivity contribution in [1.29, 1.82) is 0 Å². The van der Waals surface area contributed by atoms with Crippen LogP contribution in [0, 0.1) is 5.92 Å².